The second kappa shape index (κ2) is 8.89. The van der Waals surface area contributed by atoms with E-state index in [1.54, 1.807) is 51.1 Å². The minimum atomic E-state index is -4.66. The van der Waals surface area contributed by atoms with E-state index in [0.29, 0.717) is 11.1 Å². The number of hydrogen-bond acceptors (Lipinski definition) is 4. The Kier molecular flexibility index (Phi) is 6.79. The summed E-state index contributed by atoms with van der Waals surface area (Å²) >= 11 is 0. The minimum absolute atomic E-state index is 0.00658. The van der Waals surface area contributed by atoms with Crippen molar-refractivity contribution in [2.75, 3.05) is 14.2 Å². The van der Waals surface area contributed by atoms with Crippen molar-refractivity contribution in [1.82, 2.24) is 10.2 Å². The number of halogens is 3. The van der Waals surface area contributed by atoms with Gasteiger partial charge in [-0.05, 0) is 31.9 Å². The summed E-state index contributed by atoms with van der Waals surface area (Å²) in [5.41, 5.74) is -0.157. The van der Waals surface area contributed by atoms with E-state index in [1.165, 1.54) is 20.3 Å². The number of rotatable bonds is 6. The van der Waals surface area contributed by atoms with Crippen molar-refractivity contribution < 1.29 is 27.8 Å². The van der Waals surface area contributed by atoms with Crippen molar-refractivity contribution in [2.45, 2.75) is 26.9 Å². The second-order valence-corrected chi connectivity index (χ2v) is 6.19. The number of methoxy groups -OCH3 is 2. The number of aliphatic hydroxyl groups is 1. The first kappa shape index (κ1) is 22.1. The highest BCUT2D eigenvalue weighted by molar-refractivity contribution is 5.87. The molecule has 0 aliphatic carbocycles. The molecule has 2 rings (SSSR count). The number of nitrogens with zero attached hydrogens (tertiary/aromatic N) is 1. The molecule has 0 unspecified atom stereocenters. The van der Waals surface area contributed by atoms with Crippen LogP contribution in [0, 0.1) is 6.92 Å². The fraction of sp³-hybridized carbons (Fsp3) is 0.286. The van der Waals surface area contributed by atoms with E-state index >= 15 is 0 Å². The third-order valence-corrected chi connectivity index (χ3v) is 4.35. The Balaban J connectivity index is 2.93. The van der Waals surface area contributed by atoms with Crippen molar-refractivity contribution in [3.8, 4) is 11.1 Å². The van der Waals surface area contributed by atoms with Crippen LogP contribution >= 0.6 is 0 Å². The first-order valence-electron chi connectivity index (χ1n) is 8.74. The molecule has 1 aromatic heterocycles. The molecule has 29 heavy (non-hydrogen) atoms. The van der Waals surface area contributed by atoms with Gasteiger partial charge in [-0.3, -0.25) is 5.10 Å². The van der Waals surface area contributed by atoms with E-state index in [4.69, 9.17) is 9.47 Å². The van der Waals surface area contributed by atoms with E-state index in [2.05, 4.69) is 10.2 Å². The molecule has 2 aromatic rings. The van der Waals surface area contributed by atoms with Crippen molar-refractivity contribution in [3.05, 3.63) is 70.6 Å². The summed E-state index contributed by atoms with van der Waals surface area (Å²) in [7, 11) is 2.72. The molecule has 0 spiro atoms. The Morgan fingerprint density at radius 2 is 1.83 bits per heavy atom. The van der Waals surface area contributed by atoms with Gasteiger partial charge < -0.3 is 14.6 Å². The van der Waals surface area contributed by atoms with Crippen LogP contribution in [0.3, 0.4) is 0 Å². The van der Waals surface area contributed by atoms with E-state index in [9.17, 15) is 18.3 Å². The molecule has 8 heteroatoms. The Morgan fingerprint density at radius 3 is 2.34 bits per heavy atom. The lowest BCUT2D eigenvalue weighted by Gasteiger charge is -2.14. The van der Waals surface area contributed by atoms with E-state index < -0.39 is 11.9 Å². The summed E-state index contributed by atoms with van der Waals surface area (Å²) in [4.78, 5) is 0. The fourth-order valence-electron chi connectivity index (χ4n) is 2.92. The largest absolute Gasteiger partial charge is 0.504 e. The van der Waals surface area contributed by atoms with Gasteiger partial charge in [-0.2, -0.15) is 18.3 Å². The minimum Gasteiger partial charge on any atom is -0.504 e. The van der Waals surface area contributed by atoms with Crippen LogP contribution in [-0.2, 0) is 15.7 Å². The van der Waals surface area contributed by atoms with Crippen LogP contribution in [0.15, 0.2) is 53.7 Å². The van der Waals surface area contributed by atoms with Crippen molar-refractivity contribution in [3.63, 3.8) is 0 Å². The second-order valence-electron chi connectivity index (χ2n) is 6.19. The molecule has 5 nitrogen and oxygen atoms in total. The first-order valence-corrected chi connectivity index (χ1v) is 8.74. The lowest BCUT2D eigenvalue weighted by Crippen LogP contribution is -2.08. The molecule has 0 radical (unpaired) electrons. The van der Waals surface area contributed by atoms with Crippen LogP contribution < -0.4 is 0 Å². The lowest BCUT2D eigenvalue weighted by molar-refractivity contribution is -0.140. The molecule has 1 aromatic carbocycles. The molecule has 0 bridgehead atoms. The smallest absolute Gasteiger partial charge is 0.433 e. The summed E-state index contributed by atoms with van der Waals surface area (Å²) in [5.74, 6) is -0.135. The molecular weight excluding hydrogens is 385 g/mol. The quantitative estimate of drug-likeness (QED) is 0.470. The highest BCUT2D eigenvalue weighted by Crippen LogP contribution is 2.42. The lowest BCUT2D eigenvalue weighted by atomic mass is 9.94. The normalized spacial score (nSPS) is 13.9. The predicted octanol–water partition coefficient (Wildman–Crippen LogP) is 5.77. The van der Waals surface area contributed by atoms with Gasteiger partial charge in [0.15, 0.2) is 11.5 Å². The molecule has 0 aliphatic heterocycles. The molecule has 0 atom stereocenters. The summed E-state index contributed by atoms with van der Waals surface area (Å²) in [6, 6.07) is 6.67. The molecule has 0 saturated carbocycles. The van der Waals surface area contributed by atoms with E-state index in [0.717, 1.165) is 0 Å². The standard InChI is InChI=1S/C21H23F3N2O3/c1-6-9-15(18(27)19(29-5)13(3)28-4)17-16(14-11-8-7-10-12(14)2)20(26-25-17)21(22,23)24/h6-11,27H,1-5H3,(H,25,26)/b9-6-,18-15-,19-13-. The average Bonchev–Trinajstić information content (AvgIpc) is 3.11. The van der Waals surface area contributed by atoms with Crippen molar-refractivity contribution >= 4 is 5.57 Å². The van der Waals surface area contributed by atoms with Gasteiger partial charge in [0, 0.05) is 11.1 Å². The molecule has 1 heterocycles. The topological polar surface area (TPSA) is 67.4 Å². The first-order chi connectivity index (χ1) is 13.7. The number of aryl methyl sites for hydroxylation is 1. The highest BCUT2D eigenvalue weighted by Gasteiger charge is 2.39. The number of hydrogen-bond donors (Lipinski definition) is 2. The Morgan fingerprint density at radius 1 is 1.17 bits per heavy atom. The maximum atomic E-state index is 13.7. The van der Waals surface area contributed by atoms with Gasteiger partial charge in [-0.15, -0.1) is 0 Å². The van der Waals surface area contributed by atoms with Crippen molar-refractivity contribution in [1.29, 1.82) is 0 Å². The number of alkyl halides is 3. The number of nitrogens with one attached hydrogen (secondary N) is 1. The summed E-state index contributed by atoms with van der Waals surface area (Å²) < 4.78 is 51.5. The Hall–Kier alpha value is -3.16. The number of aromatic amines is 1. The predicted molar refractivity (Wildman–Crippen MR) is 105 cm³/mol. The maximum absolute atomic E-state index is 13.7. The van der Waals surface area contributed by atoms with Gasteiger partial charge in [-0.1, -0.05) is 36.4 Å². The van der Waals surface area contributed by atoms with Crippen LogP contribution in [0.25, 0.3) is 16.7 Å². The zero-order valence-electron chi connectivity index (χ0n) is 16.8. The molecule has 2 N–H and O–H groups in total. The Labute approximate surface area is 167 Å². The van der Waals surface area contributed by atoms with Crippen molar-refractivity contribution in [2.24, 2.45) is 0 Å². The number of aliphatic hydroxyl groups excluding tert-OH is 1. The zero-order chi connectivity index (χ0) is 21.8. The summed E-state index contributed by atoms with van der Waals surface area (Å²) in [6.07, 6.45) is -1.61. The SMILES string of the molecule is C\C=C/C(=C(O)\C(OC)=C(/C)OC)c1n[nH]c(C(F)(F)F)c1-c1ccccc1C. The number of H-pyrrole nitrogens is 1. The number of aromatic nitrogens is 2. The summed E-state index contributed by atoms with van der Waals surface area (Å²) in [6.45, 7) is 4.95. The highest BCUT2D eigenvalue weighted by atomic mass is 19.4. The van der Waals surface area contributed by atoms with Crippen LogP contribution in [0.1, 0.15) is 30.8 Å². The molecule has 0 saturated heterocycles. The molecular formula is C21H23F3N2O3. The Bertz CT molecular complexity index is 970. The molecule has 156 valence electrons. The molecule has 0 amide bonds. The van der Waals surface area contributed by atoms with Gasteiger partial charge in [0.2, 0.25) is 0 Å². The van der Waals surface area contributed by atoms with Crippen LogP contribution in [0.2, 0.25) is 0 Å². The van der Waals surface area contributed by atoms with Gasteiger partial charge in [0.1, 0.15) is 17.1 Å². The van der Waals surface area contributed by atoms with Gasteiger partial charge in [-0.25, -0.2) is 0 Å². The molecule has 0 aliphatic rings. The van der Waals surface area contributed by atoms with Gasteiger partial charge in [0.25, 0.3) is 0 Å². The third kappa shape index (κ3) is 4.47. The van der Waals surface area contributed by atoms with Crippen LogP contribution in [-0.4, -0.2) is 29.5 Å². The van der Waals surface area contributed by atoms with Crippen LogP contribution in [0.4, 0.5) is 13.2 Å². The molecule has 0 fully saturated rings. The van der Waals surface area contributed by atoms with Crippen LogP contribution in [0.5, 0.6) is 0 Å². The third-order valence-electron chi connectivity index (χ3n) is 4.35. The monoisotopic (exact) mass is 408 g/mol. The average molecular weight is 408 g/mol. The summed E-state index contributed by atoms with van der Waals surface area (Å²) in [5, 5.41) is 16.8. The van der Waals surface area contributed by atoms with Gasteiger partial charge >= 0.3 is 6.18 Å². The van der Waals surface area contributed by atoms with E-state index in [1.807, 2.05) is 0 Å². The maximum Gasteiger partial charge on any atom is 0.433 e. The number of ether oxygens (including phenoxy) is 2. The number of benzene rings is 1. The van der Waals surface area contributed by atoms with Gasteiger partial charge in [0.05, 0.1) is 14.2 Å². The van der Waals surface area contributed by atoms with E-state index in [-0.39, 0.29) is 34.1 Å². The zero-order valence-corrected chi connectivity index (χ0v) is 16.8. The fourth-order valence-corrected chi connectivity index (χ4v) is 2.92. The number of allylic oxidation sites excluding steroid dienone is 4.